The lowest BCUT2D eigenvalue weighted by molar-refractivity contribution is -0.121. The number of nitrogens with two attached hydrogens (primary N) is 1. The van der Waals surface area contributed by atoms with Gasteiger partial charge in [-0.05, 0) is 49.9 Å². The molecule has 1 saturated carbocycles. The molecule has 0 atom stereocenters. The molecule has 0 bridgehead atoms. The third-order valence-corrected chi connectivity index (χ3v) is 4.75. The first-order valence-corrected chi connectivity index (χ1v) is 8.39. The number of unbranched alkanes of at least 4 members (excludes halogenated alkanes) is 3. The van der Waals surface area contributed by atoms with Crippen LogP contribution in [0.4, 0.5) is 4.39 Å². The molecule has 0 unspecified atom stereocenters. The molecular weight excluding hydrogens is 279 g/mol. The van der Waals surface area contributed by atoms with E-state index in [9.17, 15) is 9.18 Å². The number of amides is 1. The van der Waals surface area contributed by atoms with Gasteiger partial charge in [0.25, 0.3) is 0 Å². The number of nitrogens with one attached hydrogen (secondary N) is 1. The van der Waals surface area contributed by atoms with E-state index >= 15 is 0 Å². The maximum atomic E-state index is 13.1. The summed E-state index contributed by atoms with van der Waals surface area (Å²) in [6, 6.07) is 6.73. The van der Waals surface area contributed by atoms with E-state index in [0.29, 0.717) is 13.0 Å². The first kappa shape index (κ1) is 16.9. The molecule has 0 spiro atoms. The SMILES string of the molecule is NCCCCCCC(=O)NCC1(c2ccc(F)cc2)CCC1. The summed E-state index contributed by atoms with van der Waals surface area (Å²) in [6.07, 6.45) is 8.02. The van der Waals surface area contributed by atoms with Crippen molar-refractivity contribution in [1.29, 1.82) is 0 Å². The molecule has 1 amide bonds. The Labute approximate surface area is 132 Å². The lowest BCUT2D eigenvalue weighted by Gasteiger charge is -2.42. The maximum Gasteiger partial charge on any atom is 0.220 e. The Morgan fingerprint density at radius 1 is 1.14 bits per heavy atom. The molecule has 4 heteroatoms. The molecule has 0 aromatic heterocycles. The molecule has 3 nitrogen and oxygen atoms in total. The Balaban J connectivity index is 1.76. The molecule has 0 aliphatic heterocycles. The zero-order valence-corrected chi connectivity index (χ0v) is 13.2. The average Bonchev–Trinajstić information content (AvgIpc) is 2.47. The average molecular weight is 306 g/mol. The van der Waals surface area contributed by atoms with Crippen LogP contribution >= 0.6 is 0 Å². The normalized spacial score (nSPS) is 16.1. The molecule has 1 aromatic carbocycles. The smallest absolute Gasteiger partial charge is 0.220 e. The molecule has 3 N–H and O–H groups in total. The number of benzene rings is 1. The topological polar surface area (TPSA) is 55.1 Å². The number of halogens is 1. The van der Waals surface area contributed by atoms with Gasteiger partial charge in [0.05, 0.1) is 0 Å². The number of carbonyl (C=O) groups excluding carboxylic acids is 1. The Hall–Kier alpha value is -1.42. The van der Waals surface area contributed by atoms with Gasteiger partial charge in [0, 0.05) is 18.4 Å². The first-order chi connectivity index (χ1) is 10.7. The van der Waals surface area contributed by atoms with Crippen LogP contribution in [0.2, 0.25) is 0 Å². The van der Waals surface area contributed by atoms with Gasteiger partial charge >= 0.3 is 0 Å². The van der Waals surface area contributed by atoms with Gasteiger partial charge in [0.2, 0.25) is 5.91 Å². The van der Waals surface area contributed by atoms with E-state index in [1.807, 2.05) is 12.1 Å². The largest absolute Gasteiger partial charge is 0.355 e. The summed E-state index contributed by atoms with van der Waals surface area (Å²) >= 11 is 0. The van der Waals surface area contributed by atoms with E-state index in [0.717, 1.165) is 50.6 Å². The van der Waals surface area contributed by atoms with Crippen molar-refractivity contribution in [2.45, 2.75) is 56.8 Å². The third kappa shape index (κ3) is 4.54. The third-order valence-electron chi connectivity index (χ3n) is 4.75. The summed E-state index contributed by atoms with van der Waals surface area (Å²) in [7, 11) is 0. The lowest BCUT2D eigenvalue weighted by Crippen LogP contribution is -2.45. The minimum absolute atomic E-state index is 0.0168. The molecule has 1 aromatic rings. The molecule has 1 fully saturated rings. The molecule has 122 valence electrons. The molecule has 22 heavy (non-hydrogen) atoms. The molecule has 0 saturated heterocycles. The van der Waals surface area contributed by atoms with Gasteiger partial charge in [0.1, 0.15) is 5.82 Å². The van der Waals surface area contributed by atoms with Crippen molar-refractivity contribution in [3.63, 3.8) is 0 Å². The Morgan fingerprint density at radius 2 is 1.82 bits per heavy atom. The van der Waals surface area contributed by atoms with E-state index < -0.39 is 0 Å². The summed E-state index contributed by atoms with van der Waals surface area (Å²) in [5.74, 6) is -0.0825. The van der Waals surface area contributed by atoms with Crippen LogP contribution in [-0.2, 0) is 10.2 Å². The zero-order chi connectivity index (χ0) is 15.8. The highest BCUT2D eigenvalue weighted by Crippen LogP contribution is 2.43. The van der Waals surface area contributed by atoms with Crippen molar-refractivity contribution in [1.82, 2.24) is 5.32 Å². The number of carbonyl (C=O) groups is 1. The highest BCUT2D eigenvalue weighted by atomic mass is 19.1. The van der Waals surface area contributed by atoms with E-state index in [2.05, 4.69) is 5.32 Å². The number of rotatable bonds is 9. The fourth-order valence-electron chi connectivity index (χ4n) is 3.11. The van der Waals surface area contributed by atoms with Gasteiger partial charge < -0.3 is 11.1 Å². The highest BCUT2D eigenvalue weighted by molar-refractivity contribution is 5.76. The molecular formula is C18H27FN2O. The van der Waals surface area contributed by atoms with Crippen LogP contribution in [0.25, 0.3) is 0 Å². The van der Waals surface area contributed by atoms with Gasteiger partial charge in [-0.2, -0.15) is 0 Å². The van der Waals surface area contributed by atoms with Crippen LogP contribution < -0.4 is 11.1 Å². The minimum Gasteiger partial charge on any atom is -0.355 e. The number of hydrogen-bond donors (Lipinski definition) is 2. The van der Waals surface area contributed by atoms with Gasteiger partial charge in [-0.25, -0.2) is 4.39 Å². The van der Waals surface area contributed by atoms with Gasteiger partial charge in [-0.15, -0.1) is 0 Å². The quantitative estimate of drug-likeness (QED) is 0.688. The predicted octanol–water partition coefficient (Wildman–Crippen LogP) is 3.27. The molecule has 0 heterocycles. The van der Waals surface area contributed by atoms with Crippen LogP contribution in [-0.4, -0.2) is 19.0 Å². The second-order valence-electron chi connectivity index (χ2n) is 6.37. The highest BCUT2D eigenvalue weighted by Gasteiger charge is 2.38. The van der Waals surface area contributed by atoms with Crippen molar-refractivity contribution in [3.8, 4) is 0 Å². The summed E-state index contributed by atoms with van der Waals surface area (Å²) in [5, 5.41) is 3.07. The van der Waals surface area contributed by atoms with E-state index in [1.165, 1.54) is 18.6 Å². The Kier molecular flexibility index (Phi) is 6.37. The predicted molar refractivity (Wildman–Crippen MR) is 87.1 cm³/mol. The van der Waals surface area contributed by atoms with Crippen LogP contribution in [0.5, 0.6) is 0 Å². The second kappa shape index (κ2) is 8.28. The molecule has 1 aliphatic carbocycles. The van der Waals surface area contributed by atoms with E-state index in [4.69, 9.17) is 5.73 Å². The first-order valence-electron chi connectivity index (χ1n) is 8.39. The fourth-order valence-corrected chi connectivity index (χ4v) is 3.11. The van der Waals surface area contributed by atoms with Crippen molar-refractivity contribution < 1.29 is 9.18 Å². The van der Waals surface area contributed by atoms with E-state index in [1.54, 1.807) is 0 Å². The van der Waals surface area contributed by atoms with Crippen LogP contribution in [0, 0.1) is 5.82 Å². The van der Waals surface area contributed by atoms with Crippen molar-refractivity contribution in [2.75, 3.05) is 13.1 Å². The Bertz CT molecular complexity index is 468. The standard InChI is InChI=1S/C18H27FN2O/c19-16-9-7-15(8-10-16)18(11-5-12-18)14-21-17(22)6-3-1-2-4-13-20/h7-10H,1-6,11-14,20H2,(H,21,22). The summed E-state index contributed by atoms with van der Waals surface area (Å²) in [5.41, 5.74) is 6.61. The van der Waals surface area contributed by atoms with E-state index in [-0.39, 0.29) is 17.1 Å². The summed E-state index contributed by atoms with van der Waals surface area (Å²) in [4.78, 5) is 12.0. The Morgan fingerprint density at radius 3 is 2.41 bits per heavy atom. The number of hydrogen-bond acceptors (Lipinski definition) is 2. The fraction of sp³-hybridized carbons (Fsp3) is 0.611. The minimum atomic E-state index is -0.209. The zero-order valence-electron chi connectivity index (χ0n) is 13.2. The summed E-state index contributed by atoms with van der Waals surface area (Å²) in [6.45, 7) is 1.40. The van der Waals surface area contributed by atoms with Crippen molar-refractivity contribution in [3.05, 3.63) is 35.6 Å². The maximum absolute atomic E-state index is 13.1. The van der Waals surface area contributed by atoms with Crippen LogP contribution in [0.15, 0.2) is 24.3 Å². The monoisotopic (exact) mass is 306 g/mol. The van der Waals surface area contributed by atoms with Gasteiger partial charge in [-0.3, -0.25) is 4.79 Å². The second-order valence-corrected chi connectivity index (χ2v) is 6.37. The van der Waals surface area contributed by atoms with Crippen molar-refractivity contribution >= 4 is 5.91 Å². The summed E-state index contributed by atoms with van der Waals surface area (Å²) < 4.78 is 13.1. The molecule has 2 rings (SSSR count). The lowest BCUT2D eigenvalue weighted by atomic mass is 9.64. The van der Waals surface area contributed by atoms with Crippen molar-refractivity contribution in [2.24, 2.45) is 5.73 Å². The van der Waals surface area contributed by atoms with Crippen LogP contribution in [0.1, 0.15) is 56.9 Å². The molecule has 0 radical (unpaired) electrons. The van der Waals surface area contributed by atoms with Gasteiger partial charge in [-0.1, -0.05) is 31.4 Å². The van der Waals surface area contributed by atoms with Gasteiger partial charge in [0.15, 0.2) is 0 Å². The van der Waals surface area contributed by atoms with Crippen LogP contribution in [0.3, 0.4) is 0 Å². The molecule has 1 aliphatic rings.